The van der Waals surface area contributed by atoms with Crippen molar-refractivity contribution in [2.24, 2.45) is 0 Å². The molecular formula is C39H36BrN3O7. The van der Waals surface area contributed by atoms with Crippen LogP contribution in [0.25, 0.3) is 11.1 Å². The van der Waals surface area contributed by atoms with Crippen molar-refractivity contribution in [1.82, 2.24) is 15.1 Å². The highest BCUT2D eigenvalue weighted by molar-refractivity contribution is 9.10. The van der Waals surface area contributed by atoms with Crippen LogP contribution in [0.4, 0.5) is 0 Å². The number of hydrogen-bond acceptors (Lipinski definition) is 8. The molecule has 0 spiro atoms. The number of ether oxygens (including phenoxy) is 1. The van der Waals surface area contributed by atoms with Crippen molar-refractivity contribution in [3.63, 3.8) is 0 Å². The monoisotopic (exact) mass is 737 g/mol. The molecule has 4 aromatic carbocycles. The summed E-state index contributed by atoms with van der Waals surface area (Å²) in [5, 5.41) is 22.0. The van der Waals surface area contributed by atoms with Crippen molar-refractivity contribution in [2.45, 2.75) is 38.8 Å². The third kappa shape index (κ3) is 7.05. The summed E-state index contributed by atoms with van der Waals surface area (Å²) in [4.78, 5) is 53.5. The quantitative estimate of drug-likeness (QED) is 0.123. The number of nitrogens with zero attached hydrogens (tertiary/aromatic N) is 2. The van der Waals surface area contributed by atoms with Gasteiger partial charge in [0.05, 0.1) is 11.1 Å². The summed E-state index contributed by atoms with van der Waals surface area (Å²) in [7, 11) is 1.93. The molecule has 4 amide bonds. The second-order valence-electron chi connectivity index (χ2n) is 12.3. The number of benzene rings is 4. The van der Waals surface area contributed by atoms with Crippen LogP contribution in [-0.2, 0) is 16.1 Å². The van der Waals surface area contributed by atoms with Gasteiger partial charge < -0.3 is 14.9 Å². The third-order valence-electron chi connectivity index (χ3n) is 8.98. The molecule has 0 aromatic heterocycles. The second kappa shape index (κ2) is 14.7. The van der Waals surface area contributed by atoms with E-state index in [0.717, 1.165) is 44.7 Å². The molecule has 11 heteroatoms. The summed E-state index contributed by atoms with van der Waals surface area (Å²) in [5.74, 6) is -1.07. The Kier molecular flexibility index (Phi) is 10.2. The highest BCUT2D eigenvalue weighted by Gasteiger charge is 2.45. The van der Waals surface area contributed by atoms with Gasteiger partial charge in [0, 0.05) is 24.0 Å². The molecule has 4 aromatic rings. The maximum atomic E-state index is 13.4. The van der Waals surface area contributed by atoms with Gasteiger partial charge in [0.15, 0.2) is 0 Å². The summed E-state index contributed by atoms with van der Waals surface area (Å²) in [6.45, 7) is 3.52. The first-order valence-electron chi connectivity index (χ1n) is 16.3. The summed E-state index contributed by atoms with van der Waals surface area (Å²) < 4.78 is 6.59. The van der Waals surface area contributed by atoms with Crippen molar-refractivity contribution in [3.05, 3.63) is 123 Å². The average molecular weight is 739 g/mol. The number of halogens is 1. The van der Waals surface area contributed by atoms with Gasteiger partial charge >= 0.3 is 0 Å². The highest BCUT2D eigenvalue weighted by atomic mass is 79.9. The van der Waals surface area contributed by atoms with Crippen LogP contribution in [0.5, 0.6) is 17.2 Å². The van der Waals surface area contributed by atoms with E-state index in [9.17, 15) is 29.4 Å². The fourth-order valence-electron chi connectivity index (χ4n) is 6.42. The standard InChI is InChI=1S/C39H36BrN3O7/c1-3-30(23-4-11-27(44)12-5-23)34(24-6-13-28(45)14-7-24)25-8-15-29(16-9-25)50-21-20-42(2)22-26-10-17-31-35(36(26)40)39(49)43(38(31)48)32-18-19-33(46)41-37(32)47/h4-17,32,44-45H,3,18-22H2,1-2H3,(H,41,46,47). The van der Waals surface area contributed by atoms with E-state index in [1.807, 2.05) is 60.5 Å². The van der Waals surface area contributed by atoms with Crippen molar-refractivity contribution in [1.29, 1.82) is 0 Å². The zero-order valence-corrected chi connectivity index (χ0v) is 29.2. The van der Waals surface area contributed by atoms with E-state index in [1.165, 1.54) is 0 Å². The molecule has 1 fully saturated rings. The molecule has 1 saturated heterocycles. The molecule has 3 N–H and O–H groups in total. The van der Waals surface area contributed by atoms with Gasteiger partial charge in [-0.25, -0.2) is 0 Å². The molecule has 0 radical (unpaired) electrons. The van der Waals surface area contributed by atoms with Crippen LogP contribution in [0.1, 0.15) is 69.2 Å². The minimum atomic E-state index is -1.02. The number of amides is 4. The van der Waals surface area contributed by atoms with Crippen molar-refractivity contribution < 1.29 is 34.1 Å². The maximum absolute atomic E-state index is 13.4. The Morgan fingerprint density at radius 1 is 0.860 bits per heavy atom. The van der Waals surface area contributed by atoms with E-state index < -0.39 is 29.7 Å². The van der Waals surface area contributed by atoms with Crippen LogP contribution in [0.15, 0.2) is 89.4 Å². The van der Waals surface area contributed by atoms with E-state index in [1.54, 1.807) is 36.4 Å². The maximum Gasteiger partial charge on any atom is 0.263 e. The van der Waals surface area contributed by atoms with E-state index in [0.29, 0.717) is 29.9 Å². The SMILES string of the molecule is CCC(=C(c1ccc(O)cc1)c1ccc(OCCN(C)Cc2ccc3c(c2Br)C(=O)N(C2CCC(=O)NC2=O)C3=O)cc1)c1ccc(O)cc1. The number of aromatic hydroxyl groups is 2. The van der Waals surface area contributed by atoms with Crippen molar-refractivity contribution in [3.8, 4) is 17.2 Å². The number of nitrogens with one attached hydrogen (secondary N) is 1. The molecule has 256 valence electrons. The third-order valence-corrected chi connectivity index (χ3v) is 9.88. The Morgan fingerprint density at radius 2 is 1.46 bits per heavy atom. The van der Waals surface area contributed by atoms with Gasteiger partial charge in [-0.15, -0.1) is 0 Å². The molecule has 1 atom stereocenters. The van der Waals surface area contributed by atoms with E-state index >= 15 is 0 Å². The van der Waals surface area contributed by atoms with Gasteiger partial charge in [0.1, 0.15) is 29.9 Å². The van der Waals surface area contributed by atoms with E-state index in [-0.39, 0.29) is 35.5 Å². The molecule has 10 nitrogen and oxygen atoms in total. The lowest BCUT2D eigenvalue weighted by molar-refractivity contribution is -0.136. The van der Waals surface area contributed by atoms with Gasteiger partial charge in [0.25, 0.3) is 11.8 Å². The van der Waals surface area contributed by atoms with Crippen LogP contribution in [0.3, 0.4) is 0 Å². The number of phenols is 2. The first-order chi connectivity index (χ1) is 24.0. The molecule has 0 aliphatic carbocycles. The molecule has 2 aliphatic rings. The van der Waals surface area contributed by atoms with Crippen LogP contribution in [0, 0.1) is 0 Å². The number of allylic oxidation sites excluding steroid dienone is 1. The zero-order chi connectivity index (χ0) is 35.5. The Hall–Kier alpha value is -5.26. The number of carbonyl (C=O) groups is 4. The average Bonchev–Trinajstić information content (AvgIpc) is 3.35. The smallest absolute Gasteiger partial charge is 0.263 e. The lowest BCUT2D eigenvalue weighted by atomic mass is 9.88. The lowest BCUT2D eigenvalue weighted by Gasteiger charge is -2.27. The Bertz CT molecular complexity index is 1990. The van der Waals surface area contributed by atoms with Crippen LogP contribution < -0.4 is 10.1 Å². The first kappa shape index (κ1) is 34.6. The highest BCUT2D eigenvalue weighted by Crippen LogP contribution is 2.37. The molecule has 2 aliphatic heterocycles. The normalized spacial score (nSPS) is 16.4. The number of hydrogen-bond donors (Lipinski definition) is 3. The first-order valence-corrected chi connectivity index (χ1v) is 17.1. The van der Waals surface area contributed by atoms with Gasteiger partial charge in [0.2, 0.25) is 11.8 Å². The van der Waals surface area contributed by atoms with Crippen molar-refractivity contribution in [2.75, 3.05) is 20.2 Å². The number of likely N-dealkylation sites (N-methyl/N-ethyl adjacent to an activating group) is 1. The Morgan fingerprint density at radius 3 is 2.06 bits per heavy atom. The molecule has 2 heterocycles. The Labute approximate surface area is 298 Å². The minimum Gasteiger partial charge on any atom is -0.508 e. The Balaban J connectivity index is 1.12. The predicted molar refractivity (Wildman–Crippen MR) is 192 cm³/mol. The summed E-state index contributed by atoms with van der Waals surface area (Å²) >= 11 is 3.54. The van der Waals surface area contributed by atoms with Gasteiger partial charge in [-0.05, 0) is 112 Å². The predicted octanol–water partition coefficient (Wildman–Crippen LogP) is 6.14. The topological polar surface area (TPSA) is 136 Å². The number of imide groups is 2. The number of carbonyl (C=O) groups excluding carboxylic acids is 4. The fraction of sp³-hybridized carbons (Fsp3) is 0.231. The molecular weight excluding hydrogens is 702 g/mol. The largest absolute Gasteiger partial charge is 0.508 e. The lowest BCUT2D eigenvalue weighted by Crippen LogP contribution is -2.54. The number of piperidine rings is 1. The van der Waals surface area contributed by atoms with Crippen LogP contribution in [0.2, 0.25) is 0 Å². The van der Waals surface area contributed by atoms with Crippen molar-refractivity contribution >= 4 is 50.7 Å². The molecule has 6 rings (SSSR count). The van der Waals surface area contributed by atoms with Gasteiger partial charge in [-0.3, -0.25) is 34.3 Å². The molecule has 0 bridgehead atoms. The summed E-state index contributed by atoms with van der Waals surface area (Å²) in [6.07, 6.45) is 0.905. The van der Waals surface area contributed by atoms with Crippen LogP contribution >= 0.6 is 15.9 Å². The van der Waals surface area contributed by atoms with Gasteiger partial charge in [-0.1, -0.05) is 49.4 Å². The number of phenolic OH excluding ortho intramolecular Hbond substituents is 2. The second-order valence-corrected chi connectivity index (χ2v) is 13.1. The fourth-order valence-corrected chi connectivity index (χ4v) is 7.06. The van der Waals surface area contributed by atoms with E-state index in [2.05, 4.69) is 28.2 Å². The number of rotatable bonds is 11. The molecule has 0 saturated carbocycles. The number of fused-ring (bicyclic) bond motifs is 1. The zero-order valence-electron chi connectivity index (χ0n) is 27.6. The van der Waals surface area contributed by atoms with E-state index in [4.69, 9.17) is 4.74 Å². The molecule has 50 heavy (non-hydrogen) atoms. The molecule has 1 unspecified atom stereocenters. The van der Waals surface area contributed by atoms with Gasteiger partial charge in [-0.2, -0.15) is 0 Å². The van der Waals surface area contributed by atoms with Crippen LogP contribution in [-0.4, -0.2) is 69.9 Å². The summed E-state index contributed by atoms with van der Waals surface area (Å²) in [5.41, 5.74) is 6.29. The summed E-state index contributed by atoms with van der Waals surface area (Å²) in [6, 6.07) is 24.5. The minimum absolute atomic E-state index is 0.0614.